The van der Waals surface area contributed by atoms with Crippen molar-refractivity contribution in [2.24, 2.45) is 7.05 Å². The molecule has 0 saturated heterocycles. The SMILES string of the molecule is CCCCC(COC)Nc1ccnc2c1cnn2C. The summed E-state index contributed by atoms with van der Waals surface area (Å²) in [6.07, 6.45) is 7.17. The first-order chi connectivity index (χ1) is 9.26. The lowest BCUT2D eigenvalue weighted by Crippen LogP contribution is -2.25. The molecule has 0 aromatic carbocycles. The second-order valence-electron chi connectivity index (χ2n) is 4.80. The van der Waals surface area contributed by atoms with Crippen molar-refractivity contribution >= 4 is 16.7 Å². The van der Waals surface area contributed by atoms with Crippen molar-refractivity contribution in [3.05, 3.63) is 18.5 Å². The molecule has 0 bridgehead atoms. The van der Waals surface area contributed by atoms with Gasteiger partial charge in [0.2, 0.25) is 0 Å². The zero-order chi connectivity index (χ0) is 13.7. The maximum atomic E-state index is 5.29. The topological polar surface area (TPSA) is 52.0 Å². The number of ether oxygens (including phenoxy) is 1. The highest BCUT2D eigenvalue weighted by Gasteiger charge is 2.11. The number of fused-ring (bicyclic) bond motifs is 1. The van der Waals surface area contributed by atoms with Crippen molar-refractivity contribution < 1.29 is 4.74 Å². The van der Waals surface area contributed by atoms with E-state index in [2.05, 4.69) is 22.3 Å². The Morgan fingerprint density at radius 3 is 3.05 bits per heavy atom. The monoisotopic (exact) mass is 262 g/mol. The van der Waals surface area contributed by atoms with E-state index in [1.165, 1.54) is 12.8 Å². The van der Waals surface area contributed by atoms with E-state index in [0.29, 0.717) is 12.6 Å². The van der Waals surface area contributed by atoms with E-state index in [9.17, 15) is 0 Å². The minimum absolute atomic E-state index is 0.329. The number of nitrogens with zero attached hydrogens (tertiary/aromatic N) is 3. The van der Waals surface area contributed by atoms with Gasteiger partial charge in [0.1, 0.15) is 0 Å². The second kappa shape index (κ2) is 6.52. The summed E-state index contributed by atoms with van der Waals surface area (Å²) in [7, 11) is 3.65. The predicted octanol–water partition coefficient (Wildman–Crippen LogP) is 2.59. The van der Waals surface area contributed by atoms with Crippen LogP contribution in [0, 0.1) is 0 Å². The van der Waals surface area contributed by atoms with Gasteiger partial charge < -0.3 is 10.1 Å². The lowest BCUT2D eigenvalue weighted by atomic mass is 10.1. The van der Waals surface area contributed by atoms with Crippen LogP contribution in [0.5, 0.6) is 0 Å². The van der Waals surface area contributed by atoms with E-state index in [1.807, 2.05) is 25.5 Å². The molecule has 2 aromatic heterocycles. The Labute approximate surface area is 114 Å². The highest BCUT2D eigenvalue weighted by Crippen LogP contribution is 2.22. The van der Waals surface area contributed by atoms with Crippen LogP contribution in [0.1, 0.15) is 26.2 Å². The van der Waals surface area contributed by atoms with Crippen molar-refractivity contribution in [1.29, 1.82) is 0 Å². The first-order valence-corrected chi connectivity index (χ1v) is 6.78. The molecule has 19 heavy (non-hydrogen) atoms. The molecule has 0 saturated carbocycles. The molecule has 2 heterocycles. The number of hydrogen-bond donors (Lipinski definition) is 1. The number of aromatic nitrogens is 3. The first kappa shape index (κ1) is 13.8. The number of nitrogens with one attached hydrogen (secondary N) is 1. The molecule has 0 amide bonds. The van der Waals surface area contributed by atoms with Crippen LogP contribution < -0.4 is 5.32 Å². The molecule has 5 heteroatoms. The van der Waals surface area contributed by atoms with Gasteiger partial charge in [-0.2, -0.15) is 5.10 Å². The molecule has 0 spiro atoms. The summed E-state index contributed by atoms with van der Waals surface area (Å²) in [6, 6.07) is 2.33. The van der Waals surface area contributed by atoms with Crippen LogP contribution >= 0.6 is 0 Å². The number of anilines is 1. The van der Waals surface area contributed by atoms with E-state index >= 15 is 0 Å². The second-order valence-corrected chi connectivity index (χ2v) is 4.80. The molecule has 1 atom stereocenters. The van der Waals surface area contributed by atoms with E-state index in [4.69, 9.17) is 4.74 Å². The van der Waals surface area contributed by atoms with Crippen molar-refractivity contribution in [3.63, 3.8) is 0 Å². The number of pyridine rings is 1. The third-order valence-electron chi connectivity index (χ3n) is 3.27. The van der Waals surface area contributed by atoms with E-state index in [0.717, 1.165) is 23.1 Å². The van der Waals surface area contributed by atoms with Gasteiger partial charge in [0, 0.05) is 32.1 Å². The Hall–Kier alpha value is -1.62. The van der Waals surface area contributed by atoms with Gasteiger partial charge in [-0.25, -0.2) is 4.98 Å². The zero-order valence-corrected chi connectivity index (χ0v) is 11.9. The number of unbranched alkanes of at least 4 members (excludes halogenated alkanes) is 1. The molecule has 0 aliphatic rings. The number of aryl methyl sites for hydroxylation is 1. The Morgan fingerprint density at radius 2 is 2.32 bits per heavy atom. The van der Waals surface area contributed by atoms with Gasteiger partial charge >= 0.3 is 0 Å². The molecule has 0 radical (unpaired) electrons. The molecular weight excluding hydrogens is 240 g/mol. The van der Waals surface area contributed by atoms with Gasteiger partial charge in [-0.1, -0.05) is 19.8 Å². The lowest BCUT2D eigenvalue weighted by molar-refractivity contribution is 0.182. The van der Waals surface area contributed by atoms with Crippen LogP contribution in [0.25, 0.3) is 11.0 Å². The normalized spacial score (nSPS) is 12.8. The van der Waals surface area contributed by atoms with Crippen molar-refractivity contribution in [3.8, 4) is 0 Å². The Kier molecular flexibility index (Phi) is 4.74. The van der Waals surface area contributed by atoms with Gasteiger partial charge in [0.05, 0.1) is 18.2 Å². The van der Waals surface area contributed by atoms with Crippen molar-refractivity contribution in [1.82, 2.24) is 14.8 Å². The average Bonchev–Trinajstić information content (AvgIpc) is 2.79. The highest BCUT2D eigenvalue weighted by atomic mass is 16.5. The minimum atomic E-state index is 0.329. The molecule has 0 aliphatic carbocycles. The van der Waals surface area contributed by atoms with Crippen LogP contribution in [0.4, 0.5) is 5.69 Å². The molecule has 2 aromatic rings. The third-order valence-corrected chi connectivity index (χ3v) is 3.27. The summed E-state index contributed by atoms with van der Waals surface area (Å²) in [5, 5.41) is 8.87. The maximum Gasteiger partial charge on any atom is 0.159 e. The minimum Gasteiger partial charge on any atom is -0.383 e. The summed E-state index contributed by atoms with van der Waals surface area (Å²) in [5.41, 5.74) is 1.98. The fourth-order valence-electron chi connectivity index (χ4n) is 2.24. The molecule has 5 nitrogen and oxygen atoms in total. The summed E-state index contributed by atoms with van der Waals surface area (Å²) < 4.78 is 7.08. The number of methoxy groups -OCH3 is 1. The molecule has 0 aliphatic heterocycles. The summed E-state index contributed by atoms with van der Waals surface area (Å²) in [4.78, 5) is 4.35. The van der Waals surface area contributed by atoms with Crippen LogP contribution in [0.15, 0.2) is 18.5 Å². The highest BCUT2D eigenvalue weighted by molar-refractivity contribution is 5.88. The lowest BCUT2D eigenvalue weighted by Gasteiger charge is -2.19. The van der Waals surface area contributed by atoms with Crippen LogP contribution in [-0.4, -0.2) is 34.5 Å². The zero-order valence-electron chi connectivity index (χ0n) is 11.9. The quantitative estimate of drug-likeness (QED) is 0.833. The van der Waals surface area contributed by atoms with Gasteiger partial charge in [-0.05, 0) is 12.5 Å². The Balaban J connectivity index is 2.18. The summed E-state index contributed by atoms with van der Waals surface area (Å²) in [5.74, 6) is 0. The molecule has 104 valence electrons. The van der Waals surface area contributed by atoms with Gasteiger partial charge in [0.25, 0.3) is 0 Å². The fraction of sp³-hybridized carbons (Fsp3) is 0.571. The Bertz CT molecular complexity index is 523. The van der Waals surface area contributed by atoms with Gasteiger partial charge in [0.15, 0.2) is 5.65 Å². The predicted molar refractivity (Wildman–Crippen MR) is 77.3 cm³/mol. The fourth-order valence-corrected chi connectivity index (χ4v) is 2.24. The molecule has 1 unspecified atom stereocenters. The van der Waals surface area contributed by atoms with E-state index < -0.39 is 0 Å². The van der Waals surface area contributed by atoms with E-state index in [1.54, 1.807) is 11.8 Å². The maximum absolute atomic E-state index is 5.29. The van der Waals surface area contributed by atoms with Crippen LogP contribution in [0.3, 0.4) is 0 Å². The van der Waals surface area contributed by atoms with Gasteiger partial charge in [-0.15, -0.1) is 0 Å². The molecule has 0 fully saturated rings. The number of rotatable bonds is 7. The van der Waals surface area contributed by atoms with Gasteiger partial charge in [-0.3, -0.25) is 4.68 Å². The molecule has 2 rings (SSSR count). The Morgan fingerprint density at radius 1 is 1.47 bits per heavy atom. The van der Waals surface area contributed by atoms with Crippen LogP contribution in [0.2, 0.25) is 0 Å². The summed E-state index contributed by atoms with van der Waals surface area (Å²) in [6.45, 7) is 2.92. The standard InChI is InChI=1S/C14H22N4O/c1-4-5-6-11(10-19-3)17-13-7-8-15-14-12(13)9-16-18(14)2/h7-9,11H,4-6,10H2,1-3H3,(H,15,17). The summed E-state index contributed by atoms with van der Waals surface area (Å²) >= 11 is 0. The molecule has 1 N–H and O–H groups in total. The first-order valence-electron chi connectivity index (χ1n) is 6.78. The van der Waals surface area contributed by atoms with Crippen molar-refractivity contribution in [2.75, 3.05) is 19.0 Å². The van der Waals surface area contributed by atoms with E-state index in [-0.39, 0.29) is 0 Å². The molecular formula is C14H22N4O. The largest absolute Gasteiger partial charge is 0.383 e. The third kappa shape index (κ3) is 3.23. The van der Waals surface area contributed by atoms with Crippen molar-refractivity contribution in [2.45, 2.75) is 32.2 Å². The average molecular weight is 262 g/mol. The smallest absolute Gasteiger partial charge is 0.159 e. The van der Waals surface area contributed by atoms with Crippen LogP contribution in [-0.2, 0) is 11.8 Å². The number of hydrogen-bond acceptors (Lipinski definition) is 4.